The van der Waals surface area contributed by atoms with Crippen molar-refractivity contribution < 1.29 is 0 Å². The quantitative estimate of drug-likeness (QED) is 0.216. The summed E-state index contributed by atoms with van der Waals surface area (Å²) in [6.07, 6.45) is 8.67. The minimum Gasteiger partial charge on any atom is -0.0622 e. The Bertz CT molecular complexity index is 1250. The molecule has 142 valence electrons. The van der Waals surface area contributed by atoms with Crippen LogP contribution in [-0.2, 0) is 0 Å². The van der Waals surface area contributed by atoms with Crippen LogP contribution in [0, 0.1) is 0 Å². The smallest absolute Gasteiger partial charge is 0.0105 e. The molecule has 0 heterocycles. The number of hydrogen-bond donors (Lipinski definition) is 0. The van der Waals surface area contributed by atoms with Crippen LogP contribution in [0.1, 0.15) is 22.3 Å². The largest absolute Gasteiger partial charge is 0.0622 e. The van der Waals surface area contributed by atoms with E-state index in [-0.39, 0.29) is 0 Å². The van der Waals surface area contributed by atoms with Crippen molar-refractivity contribution in [2.75, 3.05) is 0 Å². The van der Waals surface area contributed by atoms with E-state index >= 15 is 0 Å². The fourth-order valence-corrected chi connectivity index (χ4v) is 3.83. The highest BCUT2D eigenvalue weighted by atomic mass is 14.1. The fraction of sp³-hybridized carbons (Fsp3) is 0. The summed E-state index contributed by atoms with van der Waals surface area (Å²) in [5, 5.41) is 5.13. The van der Waals surface area contributed by atoms with E-state index in [1.54, 1.807) is 0 Å². The van der Waals surface area contributed by atoms with Gasteiger partial charge in [0.15, 0.2) is 0 Å². The Kier molecular flexibility index (Phi) is 4.98. The van der Waals surface area contributed by atoms with Crippen LogP contribution >= 0.6 is 0 Å². The van der Waals surface area contributed by atoms with Crippen LogP contribution in [0.5, 0.6) is 0 Å². The standard InChI is InChI=1S/C30H22/c1-3-7-23(8-4-1)11-13-25-15-19-29-27(21-25)17-18-28-22-26(16-20-30(28)29)14-12-24-9-5-2-6-10-24/h1-22H/b13-11+,14-12+. The maximum absolute atomic E-state index is 2.26. The van der Waals surface area contributed by atoms with Crippen molar-refractivity contribution >= 4 is 45.8 Å². The molecule has 0 aliphatic rings. The van der Waals surface area contributed by atoms with Crippen LogP contribution in [0.4, 0.5) is 0 Å². The predicted molar refractivity (Wildman–Crippen MR) is 132 cm³/mol. The zero-order chi connectivity index (χ0) is 20.2. The van der Waals surface area contributed by atoms with Crippen LogP contribution in [0.2, 0.25) is 0 Å². The Labute approximate surface area is 177 Å². The van der Waals surface area contributed by atoms with Crippen LogP contribution in [0.3, 0.4) is 0 Å². The van der Waals surface area contributed by atoms with E-state index < -0.39 is 0 Å². The summed E-state index contributed by atoms with van der Waals surface area (Å²) < 4.78 is 0. The van der Waals surface area contributed by atoms with Gasteiger partial charge in [-0.1, -0.05) is 121 Å². The monoisotopic (exact) mass is 382 g/mol. The van der Waals surface area contributed by atoms with E-state index in [2.05, 4.69) is 121 Å². The second-order valence-electron chi connectivity index (χ2n) is 7.51. The van der Waals surface area contributed by atoms with Crippen molar-refractivity contribution in [2.45, 2.75) is 0 Å². The molecule has 5 rings (SSSR count). The molecule has 0 radical (unpaired) electrons. The number of benzene rings is 5. The summed E-state index contributed by atoms with van der Waals surface area (Å²) in [7, 11) is 0. The molecule has 0 heteroatoms. The van der Waals surface area contributed by atoms with Crippen molar-refractivity contribution in [3.8, 4) is 0 Å². The Balaban J connectivity index is 1.46. The van der Waals surface area contributed by atoms with E-state index in [1.807, 2.05) is 12.1 Å². The van der Waals surface area contributed by atoms with Gasteiger partial charge in [-0.25, -0.2) is 0 Å². The van der Waals surface area contributed by atoms with Crippen molar-refractivity contribution in [1.82, 2.24) is 0 Å². The molecule has 0 aliphatic heterocycles. The average molecular weight is 383 g/mol. The third-order valence-electron chi connectivity index (χ3n) is 5.42. The highest BCUT2D eigenvalue weighted by Crippen LogP contribution is 2.28. The van der Waals surface area contributed by atoms with Gasteiger partial charge in [0.2, 0.25) is 0 Å². The molecule has 0 spiro atoms. The van der Waals surface area contributed by atoms with Crippen molar-refractivity contribution in [1.29, 1.82) is 0 Å². The number of fused-ring (bicyclic) bond motifs is 3. The number of rotatable bonds is 4. The molecule has 0 aliphatic carbocycles. The van der Waals surface area contributed by atoms with Gasteiger partial charge in [-0.15, -0.1) is 0 Å². The zero-order valence-electron chi connectivity index (χ0n) is 16.7. The van der Waals surface area contributed by atoms with Crippen molar-refractivity contribution in [3.05, 3.63) is 131 Å². The fourth-order valence-electron chi connectivity index (χ4n) is 3.83. The van der Waals surface area contributed by atoms with E-state index in [0.717, 1.165) is 0 Å². The lowest BCUT2D eigenvalue weighted by atomic mass is 9.98. The minimum atomic E-state index is 1.21. The first-order valence-corrected chi connectivity index (χ1v) is 10.3. The van der Waals surface area contributed by atoms with Gasteiger partial charge in [0.25, 0.3) is 0 Å². The van der Waals surface area contributed by atoms with Crippen molar-refractivity contribution in [3.63, 3.8) is 0 Å². The molecule has 0 atom stereocenters. The molecule has 0 bridgehead atoms. The van der Waals surface area contributed by atoms with Gasteiger partial charge in [0, 0.05) is 0 Å². The molecule has 0 saturated heterocycles. The first kappa shape index (κ1) is 18.1. The summed E-state index contributed by atoms with van der Waals surface area (Å²) >= 11 is 0. The Morgan fingerprint density at radius 2 is 0.733 bits per heavy atom. The first-order valence-electron chi connectivity index (χ1n) is 10.3. The van der Waals surface area contributed by atoms with Crippen LogP contribution in [0.25, 0.3) is 45.8 Å². The molecule has 0 aromatic heterocycles. The minimum absolute atomic E-state index is 1.21. The van der Waals surface area contributed by atoms with Gasteiger partial charge in [-0.3, -0.25) is 0 Å². The van der Waals surface area contributed by atoms with Crippen LogP contribution in [-0.4, -0.2) is 0 Å². The maximum atomic E-state index is 2.26. The van der Waals surface area contributed by atoms with Gasteiger partial charge in [-0.2, -0.15) is 0 Å². The molecule has 5 aromatic rings. The zero-order valence-corrected chi connectivity index (χ0v) is 16.7. The van der Waals surface area contributed by atoms with Crippen LogP contribution in [0.15, 0.2) is 109 Å². The van der Waals surface area contributed by atoms with Gasteiger partial charge in [0.05, 0.1) is 0 Å². The second kappa shape index (κ2) is 8.23. The summed E-state index contributed by atoms with van der Waals surface area (Å²) in [6.45, 7) is 0. The highest BCUT2D eigenvalue weighted by Gasteiger charge is 2.02. The van der Waals surface area contributed by atoms with Crippen molar-refractivity contribution in [2.24, 2.45) is 0 Å². The molecule has 0 nitrogen and oxygen atoms in total. The van der Waals surface area contributed by atoms with Gasteiger partial charge in [0.1, 0.15) is 0 Å². The molecular weight excluding hydrogens is 360 g/mol. The second-order valence-corrected chi connectivity index (χ2v) is 7.51. The Hall–Kier alpha value is -3.90. The molecule has 0 N–H and O–H groups in total. The molecule has 0 unspecified atom stereocenters. The van der Waals surface area contributed by atoms with E-state index in [0.29, 0.717) is 0 Å². The third-order valence-corrected chi connectivity index (χ3v) is 5.42. The molecular formula is C30H22. The highest BCUT2D eigenvalue weighted by molar-refractivity contribution is 6.08. The lowest BCUT2D eigenvalue weighted by Gasteiger charge is -2.06. The maximum Gasteiger partial charge on any atom is -0.0105 e. The SMILES string of the molecule is C(=C\c1ccc2c(ccc3cc(/C=C/c4ccccc4)ccc32)c1)/c1ccccc1. The van der Waals surface area contributed by atoms with E-state index in [1.165, 1.54) is 43.8 Å². The molecule has 0 amide bonds. The Morgan fingerprint density at radius 3 is 1.17 bits per heavy atom. The summed E-state index contributed by atoms with van der Waals surface area (Å²) in [5.41, 5.74) is 4.86. The summed E-state index contributed by atoms with van der Waals surface area (Å²) in [6, 6.07) is 38.7. The van der Waals surface area contributed by atoms with E-state index in [4.69, 9.17) is 0 Å². The summed E-state index contributed by atoms with van der Waals surface area (Å²) in [4.78, 5) is 0. The third kappa shape index (κ3) is 3.94. The van der Waals surface area contributed by atoms with Crippen LogP contribution < -0.4 is 0 Å². The lowest BCUT2D eigenvalue weighted by Crippen LogP contribution is -1.81. The molecule has 0 saturated carbocycles. The topological polar surface area (TPSA) is 0 Å². The van der Waals surface area contributed by atoms with Gasteiger partial charge >= 0.3 is 0 Å². The lowest BCUT2D eigenvalue weighted by molar-refractivity contribution is 1.66. The first-order chi connectivity index (χ1) is 14.8. The van der Waals surface area contributed by atoms with E-state index in [9.17, 15) is 0 Å². The average Bonchev–Trinajstić information content (AvgIpc) is 2.82. The molecule has 30 heavy (non-hydrogen) atoms. The normalized spacial score (nSPS) is 11.7. The van der Waals surface area contributed by atoms with Gasteiger partial charge < -0.3 is 0 Å². The Morgan fingerprint density at radius 1 is 0.333 bits per heavy atom. The molecule has 5 aromatic carbocycles. The predicted octanol–water partition coefficient (Wildman–Crippen LogP) is 8.33. The molecule has 0 fully saturated rings. The van der Waals surface area contributed by atoms with Gasteiger partial charge in [-0.05, 0) is 55.9 Å². The summed E-state index contributed by atoms with van der Waals surface area (Å²) in [5.74, 6) is 0. The number of hydrogen-bond acceptors (Lipinski definition) is 0.